The van der Waals surface area contributed by atoms with E-state index < -0.39 is 5.97 Å². The molecule has 0 aliphatic carbocycles. The summed E-state index contributed by atoms with van der Waals surface area (Å²) in [5.74, 6) is -1.18. The van der Waals surface area contributed by atoms with E-state index in [2.05, 4.69) is 22.2 Å². The van der Waals surface area contributed by atoms with Crippen LogP contribution in [0.15, 0.2) is 25.2 Å². The van der Waals surface area contributed by atoms with Crippen LogP contribution in [-0.4, -0.2) is 46.2 Å². The minimum atomic E-state index is -1.06. The molecule has 0 saturated heterocycles. The fourth-order valence-corrected chi connectivity index (χ4v) is 1.27. The molecule has 0 atom stereocenters. The molecule has 0 saturated carbocycles. The van der Waals surface area contributed by atoms with Crippen LogP contribution in [0.1, 0.15) is 10.5 Å². The molecule has 0 spiro atoms. The first-order valence-electron chi connectivity index (χ1n) is 5.47. The van der Waals surface area contributed by atoms with E-state index in [0.717, 1.165) is 0 Å². The third-order valence-electron chi connectivity index (χ3n) is 2.12. The monoisotopic (exact) mass is 252 g/mol. The molecule has 1 amide bonds. The Hall–Kier alpha value is -2.15. The molecule has 0 aliphatic rings. The van der Waals surface area contributed by atoms with E-state index >= 15 is 0 Å². The molecule has 1 heterocycles. The van der Waals surface area contributed by atoms with Crippen LogP contribution in [-0.2, 0) is 11.3 Å². The van der Waals surface area contributed by atoms with Crippen LogP contribution < -0.4 is 10.6 Å². The maximum Gasteiger partial charge on any atom is 0.356 e. The predicted molar refractivity (Wildman–Crippen MR) is 65.3 cm³/mol. The zero-order chi connectivity index (χ0) is 13.4. The second-order valence-corrected chi connectivity index (χ2v) is 3.57. The lowest BCUT2D eigenvalue weighted by Crippen LogP contribution is -2.35. The van der Waals surface area contributed by atoms with Crippen LogP contribution in [0.4, 0.5) is 0 Å². The molecule has 3 N–H and O–H groups in total. The smallest absolute Gasteiger partial charge is 0.356 e. The molecule has 0 unspecified atom stereocenters. The van der Waals surface area contributed by atoms with Crippen molar-refractivity contribution in [2.24, 2.45) is 0 Å². The molecule has 1 rings (SSSR count). The highest BCUT2D eigenvalue weighted by molar-refractivity contribution is 5.84. The van der Waals surface area contributed by atoms with Crippen molar-refractivity contribution in [3.63, 3.8) is 0 Å². The number of carboxylic acids is 1. The van der Waals surface area contributed by atoms with Crippen LogP contribution in [0.5, 0.6) is 0 Å². The van der Waals surface area contributed by atoms with Gasteiger partial charge in [0.1, 0.15) is 0 Å². The number of carbonyl (C=O) groups excluding carboxylic acids is 1. The summed E-state index contributed by atoms with van der Waals surface area (Å²) in [5, 5.41) is 14.2. The van der Waals surface area contributed by atoms with Gasteiger partial charge in [-0.1, -0.05) is 6.08 Å². The Morgan fingerprint density at radius 2 is 2.33 bits per heavy atom. The number of nitrogens with one attached hydrogen (secondary N) is 2. The van der Waals surface area contributed by atoms with Gasteiger partial charge < -0.3 is 20.3 Å². The summed E-state index contributed by atoms with van der Waals surface area (Å²) in [4.78, 5) is 25.6. The van der Waals surface area contributed by atoms with E-state index in [1.54, 1.807) is 10.6 Å². The predicted octanol–water partition coefficient (Wildman–Crippen LogP) is -0.527. The number of aromatic nitrogens is 2. The summed E-state index contributed by atoms with van der Waals surface area (Å²) in [7, 11) is 0. The minimum absolute atomic E-state index is 0.00558. The van der Waals surface area contributed by atoms with Gasteiger partial charge >= 0.3 is 5.97 Å². The first kappa shape index (κ1) is 13.9. The van der Waals surface area contributed by atoms with E-state index in [1.807, 2.05) is 0 Å². The molecule has 7 nitrogen and oxygen atoms in total. The van der Waals surface area contributed by atoms with E-state index in [4.69, 9.17) is 5.11 Å². The number of hydrogen-bond acceptors (Lipinski definition) is 4. The number of aromatic carboxylic acids is 1. The molecule has 7 heteroatoms. The molecule has 0 aromatic carbocycles. The van der Waals surface area contributed by atoms with Gasteiger partial charge in [0.05, 0.1) is 12.9 Å². The number of imidazole rings is 1. The Bertz CT molecular complexity index is 428. The largest absolute Gasteiger partial charge is 0.476 e. The Morgan fingerprint density at radius 1 is 1.56 bits per heavy atom. The van der Waals surface area contributed by atoms with Crippen molar-refractivity contribution in [3.05, 3.63) is 30.9 Å². The molecule has 1 aromatic heterocycles. The standard InChI is InChI=1S/C11H16N4O3/c1-2-3-12-6-10(16)13-4-5-15-7-9(11(17)18)14-8-15/h2,7-8,12H,1,3-6H2,(H,13,16)(H,17,18). The van der Waals surface area contributed by atoms with Gasteiger partial charge in [0.15, 0.2) is 5.69 Å². The van der Waals surface area contributed by atoms with Crippen LogP contribution in [0.2, 0.25) is 0 Å². The van der Waals surface area contributed by atoms with Gasteiger partial charge in [-0.3, -0.25) is 4.79 Å². The second-order valence-electron chi connectivity index (χ2n) is 3.57. The molecule has 0 fully saturated rings. The number of rotatable bonds is 8. The van der Waals surface area contributed by atoms with E-state index in [1.165, 1.54) is 12.5 Å². The summed E-state index contributed by atoms with van der Waals surface area (Å²) in [6.45, 7) is 5.24. The van der Waals surface area contributed by atoms with E-state index in [9.17, 15) is 9.59 Å². The molecular formula is C11H16N4O3. The molecule has 0 bridgehead atoms. The number of carbonyl (C=O) groups is 2. The topological polar surface area (TPSA) is 96.3 Å². The van der Waals surface area contributed by atoms with E-state index in [-0.39, 0.29) is 18.1 Å². The average molecular weight is 252 g/mol. The van der Waals surface area contributed by atoms with Crippen molar-refractivity contribution in [1.82, 2.24) is 20.2 Å². The summed E-state index contributed by atoms with van der Waals surface area (Å²) >= 11 is 0. The summed E-state index contributed by atoms with van der Waals surface area (Å²) in [6.07, 6.45) is 4.52. The van der Waals surface area contributed by atoms with Crippen LogP contribution in [0.25, 0.3) is 0 Å². The molecule has 1 aromatic rings. The third kappa shape index (κ3) is 4.79. The molecular weight excluding hydrogens is 236 g/mol. The highest BCUT2D eigenvalue weighted by Crippen LogP contribution is 1.95. The molecule has 18 heavy (non-hydrogen) atoms. The number of carboxylic acid groups (broad SMARTS) is 1. The van der Waals surface area contributed by atoms with Crippen molar-refractivity contribution in [2.45, 2.75) is 6.54 Å². The van der Waals surface area contributed by atoms with Crippen molar-refractivity contribution < 1.29 is 14.7 Å². The van der Waals surface area contributed by atoms with Gasteiger partial charge in [-0.05, 0) is 0 Å². The lowest BCUT2D eigenvalue weighted by Gasteiger charge is -2.05. The number of amides is 1. The SMILES string of the molecule is C=CCNCC(=O)NCCn1cnc(C(=O)O)c1. The van der Waals surface area contributed by atoms with Crippen LogP contribution >= 0.6 is 0 Å². The number of hydrogen-bond donors (Lipinski definition) is 3. The molecule has 98 valence electrons. The van der Waals surface area contributed by atoms with Crippen molar-refractivity contribution >= 4 is 11.9 Å². The van der Waals surface area contributed by atoms with E-state index in [0.29, 0.717) is 19.6 Å². The number of nitrogens with zero attached hydrogens (tertiary/aromatic N) is 2. The lowest BCUT2D eigenvalue weighted by atomic mass is 10.5. The Morgan fingerprint density at radius 3 is 2.94 bits per heavy atom. The molecule has 0 aliphatic heterocycles. The maximum absolute atomic E-state index is 11.3. The Kier molecular flexibility index (Phi) is 5.59. The first-order valence-corrected chi connectivity index (χ1v) is 5.47. The van der Waals surface area contributed by atoms with Crippen molar-refractivity contribution in [2.75, 3.05) is 19.6 Å². The Balaban J connectivity index is 2.22. The minimum Gasteiger partial charge on any atom is -0.476 e. The zero-order valence-corrected chi connectivity index (χ0v) is 9.93. The summed E-state index contributed by atoms with van der Waals surface area (Å²) < 4.78 is 1.61. The highest BCUT2D eigenvalue weighted by Gasteiger charge is 2.06. The third-order valence-corrected chi connectivity index (χ3v) is 2.12. The lowest BCUT2D eigenvalue weighted by molar-refractivity contribution is -0.120. The van der Waals surface area contributed by atoms with Crippen molar-refractivity contribution in [1.29, 1.82) is 0 Å². The fraction of sp³-hybridized carbons (Fsp3) is 0.364. The summed E-state index contributed by atoms with van der Waals surface area (Å²) in [6, 6.07) is 0. The van der Waals surface area contributed by atoms with Gasteiger partial charge in [-0.15, -0.1) is 6.58 Å². The first-order chi connectivity index (χ1) is 8.63. The zero-order valence-electron chi connectivity index (χ0n) is 9.93. The molecule has 0 radical (unpaired) electrons. The van der Waals surface area contributed by atoms with Crippen LogP contribution in [0.3, 0.4) is 0 Å². The fourth-order valence-electron chi connectivity index (χ4n) is 1.27. The van der Waals surface area contributed by atoms with Crippen molar-refractivity contribution in [3.8, 4) is 0 Å². The van der Waals surface area contributed by atoms with Gasteiger partial charge in [0.25, 0.3) is 0 Å². The van der Waals surface area contributed by atoms with Crippen LogP contribution in [0, 0.1) is 0 Å². The quantitative estimate of drug-likeness (QED) is 0.427. The normalized spacial score (nSPS) is 10.0. The van der Waals surface area contributed by atoms with Gasteiger partial charge in [0, 0.05) is 25.8 Å². The maximum atomic E-state index is 11.3. The summed E-state index contributed by atoms with van der Waals surface area (Å²) in [5.41, 5.74) is -0.00558. The van der Waals surface area contributed by atoms with Gasteiger partial charge in [0.2, 0.25) is 5.91 Å². The highest BCUT2D eigenvalue weighted by atomic mass is 16.4. The Labute approximate surface area is 105 Å². The second kappa shape index (κ2) is 7.23. The van der Waals surface area contributed by atoms with Gasteiger partial charge in [-0.2, -0.15) is 0 Å². The van der Waals surface area contributed by atoms with Gasteiger partial charge in [-0.25, -0.2) is 9.78 Å². The average Bonchev–Trinajstić information content (AvgIpc) is 2.78.